The molecule has 0 saturated carbocycles. The first-order valence-electron chi connectivity index (χ1n) is 1.30. The Bertz CT molecular complexity index is 110. The zero-order valence-electron chi connectivity index (χ0n) is 6.05. The molecule has 0 heterocycles. The molecule has 22 heavy (non-hydrogen) atoms. The normalized spacial score (nSPS) is 2.18. The average Bonchev–Trinajstić information content (AvgIpc) is 1.25. The largest absolute Gasteiger partial charge is 0.316 e. The number of hydrogen-bond donors (Lipinski definition) is 4. The van der Waals surface area contributed by atoms with Crippen molar-refractivity contribution in [2.75, 3.05) is 0 Å². The molecule has 0 aliphatic heterocycles. The Morgan fingerprint density at radius 2 is 0.455 bits per heavy atom. The van der Waals surface area contributed by atoms with Crippen LogP contribution in [0.5, 0.6) is 0 Å². The summed E-state index contributed by atoms with van der Waals surface area (Å²) in [6.07, 6.45) is -3.67. The summed E-state index contributed by atoms with van der Waals surface area (Å²) in [4.78, 5) is 17.1. The SMILES string of the molecule is Cl.Cl.Cl.Cl.Cl.Cl.O=C(O)O.O=C(O)O.[CaH2].[KH].[KH].[KH].[KH].[MgH2].[MgH2].[MgH2]. The van der Waals surface area contributed by atoms with Crippen LogP contribution >= 0.6 is 74.4 Å². The van der Waals surface area contributed by atoms with Crippen molar-refractivity contribution < 1.29 is 30.0 Å². The van der Waals surface area contributed by atoms with Crippen LogP contribution in [0.3, 0.4) is 0 Å². The predicted octanol–water partition coefficient (Wildman–Crippen LogP) is -3.28. The van der Waals surface area contributed by atoms with Gasteiger partial charge >= 0.3 is 325 Å². The Morgan fingerprint density at radius 3 is 0.455 bits per heavy atom. The Hall–Kier alpha value is 10.4. The molecule has 0 aromatic heterocycles. The molecule has 0 unspecified atom stereocenters. The van der Waals surface area contributed by atoms with Crippen molar-refractivity contribution in [2.24, 2.45) is 0 Å². The monoisotopic (exact) mass is 620 g/mol. The van der Waals surface area contributed by atoms with Crippen LogP contribution < -0.4 is 0 Å². The van der Waals surface area contributed by atoms with Gasteiger partial charge in [0.05, 0.1) is 0 Å². The van der Waals surface area contributed by atoms with Crippen LogP contribution in [0, 0.1) is 0 Å². The maximum atomic E-state index is 8.56. The van der Waals surface area contributed by atoms with Crippen LogP contribution in [0.2, 0.25) is 0 Å². The third kappa shape index (κ3) is 243. The van der Waals surface area contributed by atoms with Gasteiger partial charge in [-0.3, -0.25) is 0 Å². The molecule has 0 fully saturated rings. The number of carboxylic acid groups (broad SMARTS) is 4. The summed E-state index contributed by atoms with van der Waals surface area (Å²) in [6, 6.07) is 0. The molecule has 0 aromatic rings. The second kappa shape index (κ2) is 108. The Balaban J connectivity index is -0.00000000143. The van der Waals surface area contributed by atoms with Crippen LogP contribution in [0.25, 0.3) is 0 Å². The smallest absolute Gasteiger partial charge is 0.316 e. The first-order chi connectivity index (χ1) is 3.46. The van der Waals surface area contributed by atoms with Gasteiger partial charge in [-0.2, -0.15) is 0 Å². The summed E-state index contributed by atoms with van der Waals surface area (Å²) >= 11 is 0. The molecule has 0 rings (SSSR count). The van der Waals surface area contributed by atoms with Gasteiger partial charge in [-0.15, -0.1) is 74.4 Å². The number of halogens is 6. The molecule has 0 radical (unpaired) electrons. The molecule has 4 N–H and O–H groups in total. The van der Waals surface area contributed by atoms with E-state index in [4.69, 9.17) is 30.0 Å². The molecule has 0 amide bonds. The standard InChI is InChI=1S/2CH2O3.Ca.6ClH.4K.3Mg.12H/c2*2-1(3)4;;;;;;;;;;;;;;;;;;;;;;;;;;/h2*(H2,2,3,4);;6*1H;;;;;;;;;;;;;;;;;;;. The van der Waals surface area contributed by atoms with E-state index in [0.717, 1.165) is 0 Å². The van der Waals surface area contributed by atoms with E-state index >= 15 is 0 Å². The van der Waals surface area contributed by atoms with Gasteiger partial charge in [0.15, 0.2) is 0 Å². The summed E-state index contributed by atoms with van der Waals surface area (Å²) in [5.74, 6) is 0. The Labute approximate surface area is 415 Å². The van der Waals surface area contributed by atoms with Gasteiger partial charge in [0.2, 0.25) is 0 Å². The second-order valence-electron chi connectivity index (χ2n) is 0.565. The van der Waals surface area contributed by atoms with Gasteiger partial charge in [-0.05, 0) is 0 Å². The van der Waals surface area contributed by atoms with Crippen LogP contribution in [0.1, 0.15) is 0 Å². The summed E-state index contributed by atoms with van der Waals surface area (Å²) < 4.78 is 0. The van der Waals surface area contributed by atoms with E-state index in [1.54, 1.807) is 0 Å². The number of rotatable bonds is 0. The molecule has 0 aromatic carbocycles. The van der Waals surface area contributed by atoms with Gasteiger partial charge in [0.1, 0.15) is 0 Å². The first-order valence-corrected chi connectivity index (χ1v) is 1.30. The van der Waals surface area contributed by atoms with Gasteiger partial charge in [0.25, 0.3) is 0 Å². The van der Waals surface area contributed by atoms with Gasteiger partial charge in [0, 0.05) is 0 Å². The van der Waals surface area contributed by atoms with Gasteiger partial charge in [-0.1, -0.05) is 0 Å². The van der Waals surface area contributed by atoms with E-state index in [-0.39, 0.29) is 387 Å². The summed E-state index contributed by atoms with van der Waals surface area (Å²) in [7, 11) is 0. The topological polar surface area (TPSA) is 115 Å². The second-order valence-corrected chi connectivity index (χ2v) is 0.565. The minimum atomic E-state index is -1.83. The molecule has 20 heteroatoms. The van der Waals surface area contributed by atoms with Crippen molar-refractivity contribution >= 4 is 399 Å². The minimum absolute atomic E-state index is 0. The predicted molar refractivity (Wildman–Crippen MR) is 128 cm³/mol. The van der Waals surface area contributed by atoms with Crippen molar-refractivity contribution in [3.63, 3.8) is 0 Å². The zero-order valence-corrected chi connectivity index (χ0v) is 11.0. The van der Waals surface area contributed by atoms with E-state index in [0.29, 0.717) is 0 Å². The number of carbonyl (C=O) groups is 2. The Kier molecular flexibility index (Phi) is 583. The maximum absolute atomic E-state index is 8.56. The van der Waals surface area contributed by atoms with Crippen LogP contribution in [-0.2, 0) is 0 Å². The molecular formula is C2H22CaCl6K4Mg3O6. The fourth-order valence-electron chi connectivity index (χ4n) is 0. The quantitative estimate of drug-likeness (QED) is 0.211. The molecule has 0 aliphatic carbocycles. The Morgan fingerprint density at radius 1 is 0.455 bits per heavy atom. The molecule has 120 valence electrons. The fourth-order valence-corrected chi connectivity index (χ4v) is 0. The summed E-state index contributed by atoms with van der Waals surface area (Å²) in [5, 5.41) is 27.9. The molecule has 0 aliphatic rings. The third-order valence-corrected chi connectivity index (χ3v) is 0. The summed E-state index contributed by atoms with van der Waals surface area (Å²) in [6.45, 7) is 0. The third-order valence-electron chi connectivity index (χ3n) is 0. The van der Waals surface area contributed by atoms with Crippen molar-refractivity contribution in [1.82, 2.24) is 0 Å². The van der Waals surface area contributed by atoms with Crippen molar-refractivity contribution in [3.05, 3.63) is 0 Å². The van der Waals surface area contributed by atoms with Crippen LogP contribution in [-0.4, -0.2) is 345 Å². The van der Waals surface area contributed by atoms with Crippen molar-refractivity contribution in [2.45, 2.75) is 0 Å². The van der Waals surface area contributed by atoms with Gasteiger partial charge < -0.3 is 20.4 Å². The van der Waals surface area contributed by atoms with Gasteiger partial charge in [-0.25, -0.2) is 9.59 Å². The summed E-state index contributed by atoms with van der Waals surface area (Å²) in [5.41, 5.74) is 0. The minimum Gasteiger partial charge on any atom is 0.316 e. The van der Waals surface area contributed by atoms with Crippen molar-refractivity contribution in [1.29, 1.82) is 0 Å². The van der Waals surface area contributed by atoms with Crippen LogP contribution in [0.15, 0.2) is 0 Å². The van der Waals surface area contributed by atoms with Crippen molar-refractivity contribution in [3.8, 4) is 0 Å². The average molecular weight is 624 g/mol. The molecule has 0 atom stereocenters. The molecule has 0 spiro atoms. The molecule has 0 saturated heterocycles. The van der Waals surface area contributed by atoms with E-state index in [1.807, 2.05) is 0 Å². The molecule has 0 bridgehead atoms. The van der Waals surface area contributed by atoms with E-state index < -0.39 is 12.3 Å². The van der Waals surface area contributed by atoms with E-state index in [1.165, 1.54) is 0 Å². The van der Waals surface area contributed by atoms with E-state index in [9.17, 15) is 0 Å². The molecule has 6 nitrogen and oxygen atoms in total. The maximum Gasteiger partial charge on any atom is 0.316 e. The van der Waals surface area contributed by atoms with E-state index in [2.05, 4.69) is 0 Å². The van der Waals surface area contributed by atoms with Crippen LogP contribution in [0.4, 0.5) is 9.59 Å². The first kappa shape index (κ1) is 119. The zero-order chi connectivity index (χ0) is 7.15. The fraction of sp³-hybridized carbons (Fsp3) is 0. The molecular weight excluding hydrogens is 602 g/mol. The number of hydrogen-bond acceptors (Lipinski definition) is 2.